The third-order valence-corrected chi connectivity index (χ3v) is 4.03. The van der Waals surface area contributed by atoms with Crippen LogP contribution < -0.4 is 10.2 Å². The summed E-state index contributed by atoms with van der Waals surface area (Å²) in [5.74, 6) is 0.799. The Kier molecular flexibility index (Phi) is 3.95. The van der Waals surface area contributed by atoms with Crippen molar-refractivity contribution in [2.45, 2.75) is 13.3 Å². The molecule has 0 unspecified atom stereocenters. The van der Waals surface area contributed by atoms with Crippen molar-refractivity contribution < 1.29 is 9.21 Å². The van der Waals surface area contributed by atoms with Crippen molar-refractivity contribution in [2.24, 2.45) is 5.92 Å². The molecule has 1 aliphatic rings. The van der Waals surface area contributed by atoms with Gasteiger partial charge in [-0.2, -0.15) is 0 Å². The first-order chi connectivity index (χ1) is 10.2. The van der Waals surface area contributed by atoms with E-state index in [9.17, 15) is 4.79 Å². The molecule has 2 aromatic rings. The van der Waals surface area contributed by atoms with Crippen LogP contribution in [0.2, 0.25) is 0 Å². The van der Waals surface area contributed by atoms with E-state index in [0.717, 1.165) is 25.1 Å². The van der Waals surface area contributed by atoms with Crippen LogP contribution in [-0.2, 0) is 0 Å². The molecule has 0 spiro atoms. The van der Waals surface area contributed by atoms with Gasteiger partial charge in [-0.15, -0.1) is 0 Å². The zero-order chi connectivity index (χ0) is 14.7. The van der Waals surface area contributed by atoms with Gasteiger partial charge in [-0.3, -0.25) is 4.79 Å². The molecule has 1 amide bonds. The second-order valence-corrected chi connectivity index (χ2v) is 5.58. The Morgan fingerprint density at radius 1 is 1.33 bits per heavy atom. The predicted molar refractivity (Wildman–Crippen MR) is 82.5 cm³/mol. The number of rotatable bonds is 4. The topological polar surface area (TPSA) is 45.5 Å². The van der Waals surface area contributed by atoms with Crippen molar-refractivity contribution >= 4 is 11.6 Å². The van der Waals surface area contributed by atoms with Crippen molar-refractivity contribution in [2.75, 3.05) is 24.5 Å². The molecule has 1 atom stereocenters. The van der Waals surface area contributed by atoms with Crippen LogP contribution in [0.25, 0.3) is 0 Å². The first-order valence-corrected chi connectivity index (χ1v) is 7.36. The van der Waals surface area contributed by atoms with Gasteiger partial charge >= 0.3 is 0 Å². The molecule has 1 aliphatic heterocycles. The average Bonchev–Trinajstić information content (AvgIpc) is 3.15. The van der Waals surface area contributed by atoms with Crippen molar-refractivity contribution in [3.8, 4) is 0 Å². The van der Waals surface area contributed by atoms with Crippen LogP contribution in [0.15, 0.2) is 47.1 Å². The smallest absolute Gasteiger partial charge is 0.287 e. The normalized spacial score (nSPS) is 18.0. The van der Waals surface area contributed by atoms with E-state index >= 15 is 0 Å². The lowest BCUT2D eigenvalue weighted by atomic mass is 10.1. The summed E-state index contributed by atoms with van der Waals surface area (Å²) in [6, 6.07) is 12.2. The standard InChI is InChI=1S/C17H20N2O2/c1-13-8-10-21-16(13)17(20)18-11-14-7-9-19(12-14)15-5-3-2-4-6-15/h2-6,8,10,14H,7,9,11-12H2,1H3,(H,18,20)/t14-/m0/s1. The number of benzene rings is 1. The van der Waals surface area contributed by atoms with Gasteiger partial charge in [-0.05, 0) is 37.5 Å². The SMILES string of the molecule is Cc1ccoc1C(=O)NC[C@@H]1CCN(c2ccccc2)C1. The van der Waals surface area contributed by atoms with E-state index in [1.807, 2.05) is 19.1 Å². The summed E-state index contributed by atoms with van der Waals surface area (Å²) in [4.78, 5) is 14.4. The van der Waals surface area contributed by atoms with Crippen molar-refractivity contribution in [3.63, 3.8) is 0 Å². The van der Waals surface area contributed by atoms with E-state index in [-0.39, 0.29) is 5.91 Å². The Hall–Kier alpha value is -2.23. The van der Waals surface area contributed by atoms with Gasteiger partial charge in [0.05, 0.1) is 6.26 Å². The molecule has 0 aliphatic carbocycles. The van der Waals surface area contributed by atoms with Crippen LogP contribution in [0.3, 0.4) is 0 Å². The maximum Gasteiger partial charge on any atom is 0.287 e. The summed E-state index contributed by atoms with van der Waals surface area (Å²) in [5.41, 5.74) is 2.14. The van der Waals surface area contributed by atoms with Crippen LogP contribution in [0, 0.1) is 12.8 Å². The molecular formula is C17H20N2O2. The molecule has 1 aromatic carbocycles. The van der Waals surface area contributed by atoms with Crippen molar-refractivity contribution in [3.05, 3.63) is 54.0 Å². The van der Waals surface area contributed by atoms with Gasteiger partial charge in [-0.1, -0.05) is 18.2 Å². The fraction of sp³-hybridized carbons (Fsp3) is 0.353. The molecule has 0 bridgehead atoms. The minimum absolute atomic E-state index is 0.115. The van der Waals surface area contributed by atoms with Gasteiger partial charge in [0.2, 0.25) is 0 Å². The molecule has 1 fully saturated rings. The van der Waals surface area contributed by atoms with E-state index in [2.05, 4.69) is 34.5 Å². The molecule has 1 saturated heterocycles. The summed E-state index contributed by atoms with van der Waals surface area (Å²) < 4.78 is 5.21. The van der Waals surface area contributed by atoms with Gasteiger partial charge in [0.15, 0.2) is 5.76 Å². The average molecular weight is 284 g/mol. The van der Waals surface area contributed by atoms with E-state index in [4.69, 9.17) is 4.42 Å². The Morgan fingerprint density at radius 3 is 2.86 bits per heavy atom. The number of hydrogen-bond acceptors (Lipinski definition) is 3. The quantitative estimate of drug-likeness (QED) is 0.939. The molecule has 0 saturated carbocycles. The third-order valence-electron chi connectivity index (χ3n) is 4.03. The maximum atomic E-state index is 12.0. The number of aryl methyl sites for hydroxylation is 1. The lowest BCUT2D eigenvalue weighted by molar-refractivity contribution is 0.0919. The molecular weight excluding hydrogens is 264 g/mol. The molecule has 0 radical (unpaired) electrons. The Labute approximate surface area is 124 Å². The van der Waals surface area contributed by atoms with E-state index in [0.29, 0.717) is 18.2 Å². The van der Waals surface area contributed by atoms with Gasteiger partial charge in [0.1, 0.15) is 0 Å². The van der Waals surface area contributed by atoms with Crippen LogP contribution in [0.5, 0.6) is 0 Å². The summed E-state index contributed by atoms with van der Waals surface area (Å²) in [7, 11) is 0. The molecule has 110 valence electrons. The molecule has 4 nitrogen and oxygen atoms in total. The highest BCUT2D eigenvalue weighted by molar-refractivity contribution is 5.92. The zero-order valence-electron chi connectivity index (χ0n) is 12.2. The highest BCUT2D eigenvalue weighted by Crippen LogP contribution is 2.23. The number of amides is 1. The minimum Gasteiger partial charge on any atom is -0.459 e. The van der Waals surface area contributed by atoms with Gasteiger partial charge in [0.25, 0.3) is 5.91 Å². The fourth-order valence-corrected chi connectivity index (χ4v) is 2.80. The van der Waals surface area contributed by atoms with Gasteiger partial charge in [0, 0.05) is 30.9 Å². The number of carbonyl (C=O) groups is 1. The lowest BCUT2D eigenvalue weighted by Crippen LogP contribution is -2.31. The largest absolute Gasteiger partial charge is 0.459 e. The summed E-state index contributed by atoms with van der Waals surface area (Å²) in [6.07, 6.45) is 2.66. The first kappa shape index (κ1) is 13.7. The predicted octanol–water partition coefficient (Wildman–Crippen LogP) is 2.84. The van der Waals surface area contributed by atoms with Crippen molar-refractivity contribution in [1.29, 1.82) is 0 Å². The number of nitrogens with one attached hydrogen (secondary N) is 1. The third kappa shape index (κ3) is 3.10. The maximum absolute atomic E-state index is 12.0. The summed E-state index contributed by atoms with van der Waals surface area (Å²) in [5, 5.41) is 2.98. The molecule has 3 rings (SSSR count). The molecule has 21 heavy (non-hydrogen) atoms. The second-order valence-electron chi connectivity index (χ2n) is 5.58. The highest BCUT2D eigenvalue weighted by atomic mass is 16.3. The number of hydrogen-bond donors (Lipinski definition) is 1. The number of para-hydroxylation sites is 1. The van der Waals surface area contributed by atoms with E-state index < -0.39 is 0 Å². The molecule has 4 heteroatoms. The highest BCUT2D eigenvalue weighted by Gasteiger charge is 2.23. The van der Waals surface area contributed by atoms with Crippen LogP contribution in [0.1, 0.15) is 22.5 Å². The number of anilines is 1. The number of nitrogens with zero attached hydrogens (tertiary/aromatic N) is 1. The summed E-state index contributed by atoms with van der Waals surface area (Å²) >= 11 is 0. The van der Waals surface area contributed by atoms with Crippen LogP contribution in [-0.4, -0.2) is 25.5 Å². The van der Waals surface area contributed by atoms with Gasteiger partial charge < -0.3 is 14.6 Å². The van der Waals surface area contributed by atoms with Gasteiger partial charge in [-0.25, -0.2) is 0 Å². The fourth-order valence-electron chi connectivity index (χ4n) is 2.80. The Balaban J connectivity index is 1.52. The van der Waals surface area contributed by atoms with Crippen LogP contribution >= 0.6 is 0 Å². The zero-order valence-corrected chi connectivity index (χ0v) is 12.2. The Morgan fingerprint density at radius 2 is 2.14 bits per heavy atom. The second kappa shape index (κ2) is 6.04. The minimum atomic E-state index is -0.115. The summed E-state index contributed by atoms with van der Waals surface area (Å²) in [6.45, 7) is 4.61. The van der Waals surface area contributed by atoms with Crippen molar-refractivity contribution in [1.82, 2.24) is 5.32 Å². The Bertz CT molecular complexity index is 606. The van der Waals surface area contributed by atoms with Crippen LogP contribution in [0.4, 0.5) is 5.69 Å². The molecule has 2 heterocycles. The van der Waals surface area contributed by atoms with E-state index in [1.54, 1.807) is 6.26 Å². The number of furan rings is 1. The van der Waals surface area contributed by atoms with E-state index in [1.165, 1.54) is 5.69 Å². The molecule has 1 N–H and O–H groups in total. The number of carbonyl (C=O) groups excluding carboxylic acids is 1. The monoisotopic (exact) mass is 284 g/mol. The lowest BCUT2D eigenvalue weighted by Gasteiger charge is -2.18. The molecule has 1 aromatic heterocycles. The first-order valence-electron chi connectivity index (χ1n) is 7.36.